The van der Waals surface area contributed by atoms with Gasteiger partial charge in [-0.05, 0) is 49.6 Å². The van der Waals surface area contributed by atoms with Crippen molar-refractivity contribution in [3.8, 4) is 0 Å². The third-order valence-corrected chi connectivity index (χ3v) is 3.97. The number of aryl methyl sites for hydroxylation is 1. The zero-order valence-corrected chi connectivity index (χ0v) is 11.3. The molecule has 0 spiro atoms. The fraction of sp³-hybridized carbons (Fsp3) is 0.786. The maximum Gasteiger partial charge on any atom is 0.0521 e. The molecule has 3 heteroatoms. The molecule has 0 amide bonds. The predicted molar refractivity (Wildman–Crippen MR) is 70.9 cm³/mol. The molecule has 1 saturated carbocycles. The van der Waals surface area contributed by atoms with Gasteiger partial charge in [-0.15, -0.1) is 0 Å². The first-order valence-electron chi connectivity index (χ1n) is 6.90. The van der Waals surface area contributed by atoms with E-state index in [1.54, 1.807) is 0 Å². The van der Waals surface area contributed by atoms with Gasteiger partial charge in [0.15, 0.2) is 0 Å². The second-order valence-corrected chi connectivity index (χ2v) is 5.57. The van der Waals surface area contributed by atoms with Crippen LogP contribution in [0.4, 0.5) is 0 Å². The summed E-state index contributed by atoms with van der Waals surface area (Å²) in [5.41, 5.74) is 1.38. The van der Waals surface area contributed by atoms with Crippen LogP contribution in [0.25, 0.3) is 0 Å². The standard InChI is InChI=1S/C14H25N3/c1-4-15-14-6-5-11(2)7-13(14)8-12-9-16-17(3)10-12/h9-11,13-15H,4-8H2,1-3H3. The second-order valence-electron chi connectivity index (χ2n) is 5.57. The quantitative estimate of drug-likeness (QED) is 0.868. The summed E-state index contributed by atoms with van der Waals surface area (Å²) in [5, 5.41) is 7.92. The van der Waals surface area contributed by atoms with Crippen molar-refractivity contribution in [2.45, 2.75) is 45.6 Å². The summed E-state index contributed by atoms with van der Waals surface area (Å²) < 4.78 is 1.91. The van der Waals surface area contributed by atoms with Crippen LogP contribution in [-0.2, 0) is 13.5 Å². The number of nitrogens with zero attached hydrogens (tertiary/aromatic N) is 2. The van der Waals surface area contributed by atoms with Gasteiger partial charge in [-0.3, -0.25) is 4.68 Å². The van der Waals surface area contributed by atoms with Gasteiger partial charge in [0.2, 0.25) is 0 Å². The molecule has 3 atom stereocenters. The Labute approximate surface area is 105 Å². The molecule has 2 rings (SSSR count). The topological polar surface area (TPSA) is 29.9 Å². The van der Waals surface area contributed by atoms with E-state index in [-0.39, 0.29) is 0 Å². The van der Waals surface area contributed by atoms with Crippen molar-refractivity contribution in [3.05, 3.63) is 18.0 Å². The van der Waals surface area contributed by atoms with E-state index in [4.69, 9.17) is 0 Å². The Hall–Kier alpha value is -0.830. The minimum absolute atomic E-state index is 0.705. The molecule has 1 aromatic heterocycles. The van der Waals surface area contributed by atoms with Crippen LogP contribution in [0.1, 0.15) is 38.7 Å². The first kappa shape index (κ1) is 12.6. The molecule has 1 N–H and O–H groups in total. The highest BCUT2D eigenvalue weighted by Crippen LogP contribution is 2.31. The first-order valence-corrected chi connectivity index (χ1v) is 6.90. The van der Waals surface area contributed by atoms with Crippen LogP contribution in [0.5, 0.6) is 0 Å². The number of hydrogen-bond donors (Lipinski definition) is 1. The largest absolute Gasteiger partial charge is 0.314 e. The molecule has 1 aliphatic rings. The van der Waals surface area contributed by atoms with Crippen molar-refractivity contribution in [1.82, 2.24) is 15.1 Å². The molecule has 1 aliphatic carbocycles. The number of hydrogen-bond acceptors (Lipinski definition) is 2. The summed E-state index contributed by atoms with van der Waals surface area (Å²) >= 11 is 0. The maximum absolute atomic E-state index is 4.27. The SMILES string of the molecule is CCNC1CCC(C)CC1Cc1cnn(C)c1. The lowest BCUT2D eigenvalue weighted by molar-refractivity contribution is 0.214. The maximum atomic E-state index is 4.27. The lowest BCUT2D eigenvalue weighted by Gasteiger charge is -2.35. The van der Waals surface area contributed by atoms with Crippen molar-refractivity contribution in [1.29, 1.82) is 0 Å². The molecule has 3 nitrogen and oxygen atoms in total. The Morgan fingerprint density at radius 3 is 2.94 bits per heavy atom. The Balaban J connectivity index is 1.99. The molecule has 1 aromatic rings. The van der Waals surface area contributed by atoms with Crippen molar-refractivity contribution >= 4 is 0 Å². The van der Waals surface area contributed by atoms with Gasteiger partial charge in [-0.2, -0.15) is 5.10 Å². The van der Waals surface area contributed by atoms with Crippen molar-refractivity contribution in [2.75, 3.05) is 6.54 Å². The second kappa shape index (κ2) is 5.67. The van der Waals surface area contributed by atoms with Crippen molar-refractivity contribution < 1.29 is 0 Å². The molecule has 0 saturated heterocycles. The minimum Gasteiger partial charge on any atom is -0.314 e. The fourth-order valence-electron chi connectivity index (χ4n) is 3.14. The summed E-state index contributed by atoms with van der Waals surface area (Å²) in [6.07, 6.45) is 9.41. The van der Waals surface area contributed by atoms with Gasteiger partial charge in [0.1, 0.15) is 0 Å². The average molecular weight is 235 g/mol. The first-order chi connectivity index (χ1) is 8.19. The molecule has 96 valence electrons. The van der Waals surface area contributed by atoms with Crippen LogP contribution in [-0.4, -0.2) is 22.4 Å². The lowest BCUT2D eigenvalue weighted by Crippen LogP contribution is -2.41. The molecule has 17 heavy (non-hydrogen) atoms. The van der Waals surface area contributed by atoms with Crippen molar-refractivity contribution in [2.24, 2.45) is 18.9 Å². The highest BCUT2D eigenvalue weighted by Gasteiger charge is 2.28. The average Bonchev–Trinajstić information content (AvgIpc) is 2.68. The predicted octanol–water partition coefficient (Wildman–Crippen LogP) is 2.38. The van der Waals surface area contributed by atoms with Gasteiger partial charge in [-0.25, -0.2) is 0 Å². The highest BCUT2D eigenvalue weighted by molar-refractivity contribution is 5.06. The van der Waals surface area contributed by atoms with Crippen LogP contribution < -0.4 is 5.32 Å². The van der Waals surface area contributed by atoms with E-state index in [0.717, 1.165) is 18.4 Å². The van der Waals surface area contributed by atoms with E-state index in [9.17, 15) is 0 Å². The Morgan fingerprint density at radius 2 is 2.29 bits per heavy atom. The summed E-state index contributed by atoms with van der Waals surface area (Å²) in [4.78, 5) is 0. The molecule has 0 radical (unpaired) electrons. The molecule has 3 unspecified atom stereocenters. The van der Waals surface area contributed by atoms with E-state index < -0.39 is 0 Å². The zero-order chi connectivity index (χ0) is 12.3. The van der Waals surface area contributed by atoms with Gasteiger partial charge in [0, 0.05) is 19.3 Å². The van der Waals surface area contributed by atoms with Gasteiger partial charge in [-0.1, -0.05) is 13.8 Å². The van der Waals surface area contributed by atoms with E-state index >= 15 is 0 Å². The molecular formula is C14H25N3. The van der Waals surface area contributed by atoms with Crippen molar-refractivity contribution in [3.63, 3.8) is 0 Å². The molecule has 0 aromatic carbocycles. The van der Waals surface area contributed by atoms with Crippen LogP contribution in [0.3, 0.4) is 0 Å². The summed E-state index contributed by atoms with van der Waals surface area (Å²) in [5.74, 6) is 1.66. The van der Waals surface area contributed by atoms with E-state index in [0.29, 0.717) is 6.04 Å². The molecular weight excluding hydrogens is 210 g/mol. The number of nitrogens with one attached hydrogen (secondary N) is 1. The lowest BCUT2D eigenvalue weighted by atomic mass is 9.76. The van der Waals surface area contributed by atoms with Gasteiger partial charge in [0.25, 0.3) is 0 Å². The third kappa shape index (κ3) is 3.32. The molecule has 1 heterocycles. The fourth-order valence-corrected chi connectivity index (χ4v) is 3.14. The highest BCUT2D eigenvalue weighted by atomic mass is 15.2. The van der Waals surface area contributed by atoms with Gasteiger partial charge >= 0.3 is 0 Å². The zero-order valence-electron chi connectivity index (χ0n) is 11.3. The van der Waals surface area contributed by atoms with Crippen LogP contribution >= 0.6 is 0 Å². The summed E-state index contributed by atoms with van der Waals surface area (Å²) in [7, 11) is 1.99. The molecule has 0 aliphatic heterocycles. The van der Waals surface area contributed by atoms with E-state index in [1.165, 1.54) is 31.2 Å². The van der Waals surface area contributed by atoms with Gasteiger partial charge < -0.3 is 5.32 Å². The number of rotatable bonds is 4. The van der Waals surface area contributed by atoms with Crippen LogP contribution in [0.15, 0.2) is 12.4 Å². The number of aromatic nitrogens is 2. The van der Waals surface area contributed by atoms with Crippen LogP contribution in [0.2, 0.25) is 0 Å². The van der Waals surface area contributed by atoms with E-state index in [2.05, 4.69) is 30.5 Å². The third-order valence-electron chi connectivity index (χ3n) is 3.97. The van der Waals surface area contributed by atoms with Gasteiger partial charge in [0.05, 0.1) is 6.20 Å². The Bertz CT molecular complexity index is 345. The van der Waals surface area contributed by atoms with E-state index in [1.807, 2.05) is 17.9 Å². The summed E-state index contributed by atoms with van der Waals surface area (Å²) in [6, 6.07) is 0.705. The monoisotopic (exact) mass is 235 g/mol. The van der Waals surface area contributed by atoms with Crippen LogP contribution in [0, 0.1) is 11.8 Å². The Morgan fingerprint density at radius 1 is 1.47 bits per heavy atom. The summed E-state index contributed by atoms with van der Waals surface area (Å²) in [6.45, 7) is 5.68. The normalized spacial score (nSPS) is 29.5. The smallest absolute Gasteiger partial charge is 0.0521 e. The molecule has 0 bridgehead atoms. The minimum atomic E-state index is 0.705. The Kier molecular flexibility index (Phi) is 4.21. The molecule has 1 fully saturated rings.